The summed E-state index contributed by atoms with van der Waals surface area (Å²) in [5.41, 5.74) is 0. The van der Waals surface area contributed by atoms with Crippen LogP contribution >= 0.6 is 11.8 Å². The second kappa shape index (κ2) is 6.38. The van der Waals surface area contributed by atoms with E-state index < -0.39 is 0 Å². The standard InChI is InChI=1S/C11H22N2OS/c1-4-5-10-11(14)13(8-12-10)6-9(2)7-15-3/h9-10,12H,4-8H2,1-3H3. The summed E-state index contributed by atoms with van der Waals surface area (Å²) in [6.07, 6.45) is 4.14. The zero-order valence-corrected chi connectivity index (χ0v) is 10.8. The van der Waals surface area contributed by atoms with Crippen molar-refractivity contribution in [1.29, 1.82) is 0 Å². The number of nitrogens with one attached hydrogen (secondary N) is 1. The fourth-order valence-electron chi connectivity index (χ4n) is 1.99. The summed E-state index contributed by atoms with van der Waals surface area (Å²) in [5.74, 6) is 2.01. The van der Waals surface area contributed by atoms with Gasteiger partial charge in [0.2, 0.25) is 5.91 Å². The van der Waals surface area contributed by atoms with Gasteiger partial charge in [-0.2, -0.15) is 11.8 Å². The first kappa shape index (κ1) is 12.8. The van der Waals surface area contributed by atoms with Crippen molar-refractivity contribution in [2.45, 2.75) is 32.7 Å². The van der Waals surface area contributed by atoms with Gasteiger partial charge in [0.15, 0.2) is 0 Å². The van der Waals surface area contributed by atoms with Gasteiger partial charge in [0.05, 0.1) is 12.7 Å². The summed E-state index contributed by atoms with van der Waals surface area (Å²) in [4.78, 5) is 13.9. The Bertz CT molecular complexity index is 211. The highest BCUT2D eigenvalue weighted by atomic mass is 32.2. The molecule has 88 valence electrons. The predicted octanol–water partition coefficient (Wildman–Crippen LogP) is 1.54. The molecule has 0 saturated carbocycles. The van der Waals surface area contributed by atoms with E-state index in [1.807, 2.05) is 16.7 Å². The number of carbonyl (C=O) groups is 1. The highest BCUT2D eigenvalue weighted by Gasteiger charge is 2.30. The van der Waals surface area contributed by atoms with Crippen LogP contribution in [0.3, 0.4) is 0 Å². The van der Waals surface area contributed by atoms with Crippen LogP contribution in [0.2, 0.25) is 0 Å². The van der Waals surface area contributed by atoms with E-state index in [-0.39, 0.29) is 6.04 Å². The van der Waals surface area contributed by atoms with Crippen LogP contribution in [0.4, 0.5) is 0 Å². The number of hydrogen-bond donors (Lipinski definition) is 1. The van der Waals surface area contributed by atoms with Crippen LogP contribution in [0.5, 0.6) is 0 Å². The molecule has 1 rings (SSSR count). The normalized spacial score (nSPS) is 23.5. The van der Waals surface area contributed by atoms with Gasteiger partial charge < -0.3 is 4.90 Å². The van der Waals surface area contributed by atoms with Gasteiger partial charge in [-0.1, -0.05) is 20.3 Å². The first-order valence-corrected chi connectivity index (χ1v) is 7.09. The molecule has 3 nitrogen and oxygen atoms in total. The van der Waals surface area contributed by atoms with Crippen LogP contribution < -0.4 is 5.32 Å². The third-order valence-corrected chi connectivity index (χ3v) is 3.60. The van der Waals surface area contributed by atoms with E-state index in [4.69, 9.17) is 0 Å². The van der Waals surface area contributed by atoms with Gasteiger partial charge in [-0.05, 0) is 24.3 Å². The molecular formula is C11H22N2OS. The molecule has 1 aliphatic heterocycles. The number of hydrogen-bond acceptors (Lipinski definition) is 3. The summed E-state index contributed by atoms with van der Waals surface area (Å²) >= 11 is 1.85. The lowest BCUT2D eigenvalue weighted by molar-refractivity contribution is -0.129. The van der Waals surface area contributed by atoms with Gasteiger partial charge in [-0.3, -0.25) is 10.1 Å². The van der Waals surface area contributed by atoms with Gasteiger partial charge >= 0.3 is 0 Å². The number of thioether (sulfide) groups is 1. The van der Waals surface area contributed by atoms with E-state index >= 15 is 0 Å². The largest absolute Gasteiger partial charge is 0.328 e. The van der Waals surface area contributed by atoms with Crippen LogP contribution in [-0.4, -0.2) is 42.1 Å². The Labute approximate surface area is 97.0 Å². The molecule has 0 radical (unpaired) electrons. The number of amides is 1. The Morgan fingerprint density at radius 3 is 3.00 bits per heavy atom. The summed E-state index contributed by atoms with van der Waals surface area (Å²) in [6, 6.07) is 0.0801. The van der Waals surface area contributed by atoms with Gasteiger partial charge in [0.25, 0.3) is 0 Å². The Hall–Kier alpha value is -0.220. The van der Waals surface area contributed by atoms with E-state index in [1.165, 1.54) is 0 Å². The Morgan fingerprint density at radius 2 is 2.40 bits per heavy atom. The SMILES string of the molecule is CCCC1NCN(CC(C)CSC)C1=O. The van der Waals surface area contributed by atoms with Crippen molar-refractivity contribution in [3.63, 3.8) is 0 Å². The second-order valence-corrected chi connectivity index (χ2v) is 5.24. The molecule has 0 aromatic rings. The molecule has 0 aromatic heterocycles. The second-order valence-electron chi connectivity index (χ2n) is 4.32. The van der Waals surface area contributed by atoms with E-state index in [1.54, 1.807) is 0 Å². The number of nitrogens with zero attached hydrogens (tertiary/aromatic N) is 1. The molecule has 1 aliphatic rings. The molecule has 1 saturated heterocycles. The summed E-state index contributed by atoms with van der Waals surface area (Å²) < 4.78 is 0. The van der Waals surface area contributed by atoms with Crippen LogP contribution in [0.1, 0.15) is 26.7 Å². The molecule has 2 atom stereocenters. The molecule has 1 N–H and O–H groups in total. The first-order chi connectivity index (χ1) is 7.19. The summed E-state index contributed by atoms with van der Waals surface area (Å²) in [5, 5.41) is 3.27. The van der Waals surface area contributed by atoms with Crippen LogP contribution in [0, 0.1) is 5.92 Å². The van der Waals surface area contributed by atoms with Gasteiger partial charge in [0.1, 0.15) is 0 Å². The average Bonchev–Trinajstić information content (AvgIpc) is 2.51. The highest BCUT2D eigenvalue weighted by Crippen LogP contribution is 2.13. The van der Waals surface area contributed by atoms with Gasteiger partial charge in [-0.15, -0.1) is 0 Å². The minimum Gasteiger partial charge on any atom is -0.328 e. The number of carbonyl (C=O) groups excluding carboxylic acids is 1. The molecule has 1 heterocycles. The first-order valence-electron chi connectivity index (χ1n) is 5.70. The lowest BCUT2D eigenvalue weighted by atomic mass is 10.1. The Balaban J connectivity index is 2.35. The molecule has 0 bridgehead atoms. The maximum absolute atomic E-state index is 11.9. The van der Waals surface area contributed by atoms with E-state index in [9.17, 15) is 4.79 Å². The van der Waals surface area contributed by atoms with Crippen molar-refractivity contribution in [2.75, 3.05) is 25.2 Å². The Kier molecular flexibility index (Phi) is 5.47. The monoisotopic (exact) mass is 230 g/mol. The average molecular weight is 230 g/mol. The number of rotatable bonds is 6. The molecule has 0 aliphatic carbocycles. The maximum atomic E-state index is 11.9. The van der Waals surface area contributed by atoms with Crippen LogP contribution in [0.15, 0.2) is 0 Å². The lowest BCUT2D eigenvalue weighted by Crippen LogP contribution is -2.33. The van der Waals surface area contributed by atoms with Crippen LogP contribution in [0.25, 0.3) is 0 Å². The zero-order valence-electron chi connectivity index (χ0n) is 9.95. The quantitative estimate of drug-likeness (QED) is 0.751. The third kappa shape index (κ3) is 3.68. The molecule has 1 fully saturated rings. The van der Waals surface area contributed by atoms with Crippen molar-refractivity contribution < 1.29 is 4.79 Å². The molecule has 4 heteroatoms. The third-order valence-electron chi connectivity index (χ3n) is 2.70. The molecule has 0 spiro atoms. The van der Waals surface area contributed by atoms with Gasteiger partial charge in [0, 0.05) is 6.54 Å². The van der Waals surface area contributed by atoms with Crippen molar-refractivity contribution >= 4 is 17.7 Å². The van der Waals surface area contributed by atoms with Crippen molar-refractivity contribution in [2.24, 2.45) is 5.92 Å². The lowest BCUT2D eigenvalue weighted by Gasteiger charge is -2.19. The van der Waals surface area contributed by atoms with E-state index in [2.05, 4.69) is 25.4 Å². The van der Waals surface area contributed by atoms with Gasteiger partial charge in [-0.25, -0.2) is 0 Å². The molecule has 0 aromatic carbocycles. The molecule has 1 amide bonds. The molecule has 15 heavy (non-hydrogen) atoms. The van der Waals surface area contributed by atoms with Crippen molar-refractivity contribution in [1.82, 2.24) is 10.2 Å². The summed E-state index contributed by atoms with van der Waals surface area (Å²) in [6.45, 7) is 5.96. The fraction of sp³-hybridized carbons (Fsp3) is 0.909. The van der Waals surface area contributed by atoms with Crippen molar-refractivity contribution in [3.8, 4) is 0 Å². The van der Waals surface area contributed by atoms with Crippen molar-refractivity contribution in [3.05, 3.63) is 0 Å². The minimum absolute atomic E-state index is 0.0801. The predicted molar refractivity (Wildman–Crippen MR) is 66.0 cm³/mol. The zero-order chi connectivity index (χ0) is 11.3. The summed E-state index contributed by atoms with van der Waals surface area (Å²) in [7, 11) is 0. The molecule has 2 unspecified atom stereocenters. The maximum Gasteiger partial charge on any atom is 0.240 e. The molecular weight excluding hydrogens is 208 g/mol. The minimum atomic E-state index is 0.0801. The highest BCUT2D eigenvalue weighted by molar-refractivity contribution is 7.98. The topological polar surface area (TPSA) is 32.3 Å². The van der Waals surface area contributed by atoms with E-state index in [0.717, 1.165) is 31.8 Å². The van der Waals surface area contributed by atoms with E-state index in [0.29, 0.717) is 11.8 Å². The van der Waals surface area contributed by atoms with Crippen LogP contribution in [-0.2, 0) is 4.79 Å². The Morgan fingerprint density at radius 1 is 1.67 bits per heavy atom. The fourth-order valence-corrected chi connectivity index (χ4v) is 2.66. The smallest absolute Gasteiger partial charge is 0.240 e.